The minimum atomic E-state index is 0.584. The maximum absolute atomic E-state index is 5.36. The highest BCUT2D eigenvalue weighted by Gasteiger charge is 2.04. The molecule has 5 heteroatoms. The summed E-state index contributed by atoms with van der Waals surface area (Å²) in [5, 5.41) is 7.02. The molecule has 2 nitrogen and oxygen atoms in total. The van der Waals surface area contributed by atoms with Crippen LogP contribution in [-0.4, -0.2) is 5.11 Å². The number of rotatable bonds is 2. The van der Waals surface area contributed by atoms with Crippen LogP contribution < -0.4 is 10.6 Å². The molecule has 20 heavy (non-hydrogen) atoms. The van der Waals surface area contributed by atoms with Crippen molar-refractivity contribution in [1.82, 2.24) is 0 Å². The molecule has 0 heterocycles. The van der Waals surface area contributed by atoms with Gasteiger partial charge in [0, 0.05) is 20.3 Å². The van der Waals surface area contributed by atoms with Crippen molar-refractivity contribution < 1.29 is 0 Å². The van der Waals surface area contributed by atoms with Crippen molar-refractivity contribution in [2.24, 2.45) is 0 Å². The van der Waals surface area contributed by atoms with Crippen molar-refractivity contribution in [3.8, 4) is 0 Å². The number of halogens is 2. The Labute approximate surface area is 141 Å². The molecule has 0 radical (unpaired) electrons. The minimum Gasteiger partial charge on any atom is -0.332 e. The Balaban J connectivity index is 2.09. The van der Waals surface area contributed by atoms with Crippen LogP contribution in [0.4, 0.5) is 11.4 Å². The van der Waals surface area contributed by atoms with Gasteiger partial charge in [-0.05, 0) is 73.6 Å². The fourth-order valence-electron chi connectivity index (χ4n) is 1.81. The largest absolute Gasteiger partial charge is 0.332 e. The van der Waals surface area contributed by atoms with Crippen molar-refractivity contribution in [1.29, 1.82) is 0 Å². The third-order valence-electron chi connectivity index (χ3n) is 2.87. The van der Waals surface area contributed by atoms with E-state index < -0.39 is 0 Å². The molecule has 0 unspecified atom stereocenters. The van der Waals surface area contributed by atoms with E-state index in [1.54, 1.807) is 0 Å². The summed E-state index contributed by atoms with van der Waals surface area (Å²) in [4.78, 5) is 0. The number of anilines is 2. The molecule has 2 rings (SSSR count). The van der Waals surface area contributed by atoms with E-state index in [-0.39, 0.29) is 0 Å². The molecule has 0 aliphatic carbocycles. The second-order valence-electron chi connectivity index (χ2n) is 4.50. The highest BCUT2D eigenvalue weighted by molar-refractivity contribution is 9.10. The van der Waals surface area contributed by atoms with Gasteiger partial charge < -0.3 is 10.6 Å². The van der Waals surface area contributed by atoms with Crippen LogP contribution in [0.1, 0.15) is 11.1 Å². The van der Waals surface area contributed by atoms with Gasteiger partial charge in [0.1, 0.15) is 0 Å². The normalized spacial score (nSPS) is 10.2. The lowest BCUT2D eigenvalue weighted by Gasteiger charge is -2.14. The van der Waals surface area contributed by atoms with Gasteiger partial charge in [0.05, 0.1) is 0 Å². The van der Waals surface area contributed by atoms with Crippen LogP contribution in [0.2, 0.25) is 0 Å². The second-order valence-corrected chi connectivity index (χ2v) is 6.74. The van der Waals surface area contributed by atoms with Crippen molar-refractivity contribution >= 4 is 60.6 Å². The summed E-state index contributed by atoms with van der Waals surface area (Å²) in [6, 6.07) is 12.1. The number of hydrogen-bond acceptors (Lipinski definition) is 1. The third-order valence-corrected chi connectivity index (χ3v) is 4.06. The molecule has 0 spiro atoms. The maximum atomic E-state index is 5.36. The summed E-state index contributed by atoms with van der Waals surface area (Å²) in [5.74, 6) is 0. The van der Waals surface area contributed by atoms with Crippen LogP contribution >= 0.6 is 44.1 Å². The first kappa shape index (κ1) is 15.5. The van der Waals surface area contributed by atoms with Gasteiger partial charge in [-0.1, -0.05) is 31.9 Å². The molecule has 2 N–H and O–H groups in total. The lowest BCUT2D eigenvalue weighted by atomic mass is 10.2. The van der Waals surface area contributed by atoms with Crippen LogP contribution in [0.15, 0.2) is 45.3 Å². The molecule has 0 saturated heterocycles. The number of hydrogen-bond donors (Lipinski definition) is 2. The molecule has 0 amide bonds. The van der Waals surface area contributed by atoms with Gasteiger partial charge in [0.25, 0.3) is 0 Å². The monoisotopic (exact) mass is 412 g/mol. The van der Waals surface area contributed by atoms with Gasteiger partial charge >= 0.3 is 0 Å². The lowest BCUT2D eigenvalue weighted by Crippen LogP contribution is -2.20. The zero-order valence-electron chi connectivity index (χ0n) is 11.1. The Morgan fingerprint density at radius 2 is 1.25 bits per heavy atom. The van der Waals surface area contributed by atoms with E-state index in [4.69, 9.17) is 12.2 Å². The Bertz CT molecular complexity index is 601. The summed E-state index contributed by atoms with van der Waals surface area (Å²) < 4.78 is 2.12. The van der Waals surface area contributed by atoms with Crippen LogP contribution in [0, 0.1) is 13.8 Å². The van der Waals surface area contributed by atoms with E-state index >= 15 is 0 Å². The summed E-state index contributed by atoms with van der Waals surface area (Å²) in [5.41, 5.74) is 4.27. The molecule has 0 fully saturated rings. The first-order chi connectivity index (χ1) is 9.45. The average molecular weight is 414 g/mol. The topological polar surface area (TPSA) is 24.1 Å². The summed E-state index contributed by atoms with van der Waals surface area (Å²) in [6.45, 7) is 4.08. The van der Waals surface area contributed by atoms with Crippen LogP contribution in [0.3, 0.4) is 0 Å². The summed E-state index contributed by atoms with van der Waals surface area (Å²) >= 11 is 12.3. The molecule has 0 aromatic heterocycles. The first-order valence-electron chi connectivity index (χ1n) is 6.06. The summed E-state index contributed by atoms with van der Waals surface area (Å²) in [7, 11) is 0. The Hall–Kier alpha value is -0.910. The number of thiocarbonyl (C=S) groups is 1. The predicted octanol–water partition coefficient (Wildman–Crippen LogP) is 5.64. The lowest BCUT2D eigenvalue weighted by molar-refractivity contribution is 1.42. The van der Waals surface area contributed by atoms with Crippen molar-refractivity contribution in [2.75, 3.05) is 10.6 Å². The minimum absolute atomic E-state index is 0.584. The zero-order valence-corrected chi connectivity index (χ0v) is 15.1. The van der Waals surface area contributed by atoms with Gasteiger partial charge in [-0.3, -0.25) is 0 Å². The van der Waals surface area contributed by atoms with Crippen LogP contribution in [-0.2, 0) is 0 Å². The maximum Gasteiger partial charge on any atom is 0.175 e. The fraction of sp³-hybridized carbons (Fsp3) is 0.133. The van der Waals surface area contributed by atoms with Gasteiger partial charge in [-0.25, -0.2) is 0 Å². The number of aryl methyl sites for hydroxylation is 2. The molecule has 2 aromatic rings. The molecule has 0 atom stereocenters. The van der Waals surface area contributed by atoms with E-state index in [1.807, 2.05) is 38.1 Å². The predicted molar refractivity (Wildman–Crippen MR) is 97.6 cm³/mol. The van der Waals surface area contributed by atoms with Gasteiger partial charge in [-0.2, -0.15) is 0 Å². The van der Waals surface area contributed by atoms with Crippen molar-refractivity contribution in [3.63, 3.8) is 0 Å². The van der Waals surface area contributed by atoms with E-state index in [0.717, 1.165) is 31.4 Å². The highest BCUT2D eigenvalue weighted by atomic mass is 79.9. The molecule has 2 aromatic carbocycles. The van der Waals surface area contributed by atoms with Gasteiger partial charge in [0.2, 0.25) is 0 Å². The zero-order chi connectivity index (χ0) is 14.7. The molecule has 0 bridgehead atoms. The molecular formula is C15H14Br2N2S. The standard InChI is InChI=1S/C15H14Br2N2S/c1-9-7-11(16)3-5-13(9)18-15(20)19-14-6-4-12(17)8-10(14)2/h3-8H,1-2H3,(H2,18,19,20). The Morgan fingerprint density at radius 1 is 0.850 bits per heavy atom. The van der Waals surface area contributed by atoms with Gasteiger partial charge in [-0.15, -0.1) is 0 Å². The van der Waals surface area contributed by atoms with E-state index in [0.29, 0.717) is 5.11 Å². The average Bonchev–Trinajstić information content (AvgIpc) is 2.36. The molecule has 0 aliphatic rings. The number of nitrogens with one attached hydrogen (secondary N) is 2. The SMILES string of the molecule is Cc1cc(Br)ccc1NC(=S)Nc1ccc(Br)cc1C. The fourth-order valence-corrected chi connectivity index (χ4v) is 2.98. The van der Waals surface area contributed by atoms with Gasteiger partial charge in [0.15, 0.2) is 5.11 Å². The third kappa shape index (κ3) is 4.04. The van der Waals surface area contributed by atoms with E-state index in [1.165, 1.54) is 0 Å². The van der Waals surface area contributed by atoms with Crippen molar-refractivity contribution in [2.45, 2.75) is 13.8 Å². The van der Waals surface area contributed by atoms with E-state index in [9.17, 15) is 0 Å². The number of benzene rings is 2. The molecule has 104 valence electrons. The summed E-state index contributed by atoms with van der Waals surface area (Å²) in [6.07, 6.45) is 0. The highest BCUT2D eigenvalue weighted by Crippen LogP contribution is 2.22. The van der Waals surface area contributed by atoms with Crippen molar-refractivity contribution in [3.05, 3.63) is 56.5 Å². The molecule has 0 aliphatic heterocycles. The Morgan fingerprint density at radius 3 is 1.60 bits per heavy atom. The first-order valence-corrected chi connectivity index (χ1v) is 8.05. The molecular weight excluding hydrogens is 400 g/mol. The Kier molecular flexibility index (Phi) is 5.18. The van der Waals surface area contributed by atoms with Crippen LogP contribution in [0.5, 0.6) is 0 Å². The second kappa shape index (κ2) is 6.70. The van der Waals surface area contributed by atoms with E-state index in [2.05, 4.69) is 54.6 Å². The quantitative estimate of drug-likeness (QED) is 0.623. The van der Waals surface area contributed by atoms with Crippen LogP contribution in [0.25, 0.3) is 0 Å². The molecule has 0 saturated carbocycles. The smallest absolute Gasteiger partial charge is 0.175 e.